The van der Waals surface area contributed by atoms with Crippen molar-refractivity contribution in [3.63, 3.8) is 0 Å². The van der Waals surface area contributed by atoms with Crippen LogP contribution in [0.15, 0.2) is 24.3 Å². The highest BCUT2D eigenvalue weighted by Crippen LogP contribution is 2.17. The van der Waals surface area contributed by atoms with Crippen LogP contribution in [0.1, 0.15) is 316 Å². The fourth-order valence-corrected chi connectivity index (χ4v) is 9.04. The second kappa shape index (κ2) is 54.9. The molecule has 0 rings (SSSR count). The molecule has 1 amide bonds. The quantitative estimate of drug-likeness (QED) is 0.0321. The lowest BCUT2D eigenvalue weighted by molar-refractivity contribution is -0.143. The van der Waals surface area contributed by atoms with Crippen LogP contribution in [0.5, 0.6) is 0 Å². The van der Waals surface area contributed by atoms with Gasteiger partial charge in [-0.1, -0.05) is 269 Å². The maximum Gasteiger partial charge on any atom is 0.305 e. The first-order chi connectivity index (χ1) is 32.0. The molecule has 0 saturated carbocycles. The second-order valence-corrected chi connectivity index (χ2v) is 20.0. The molecular formula is C59H113NO5. The molecule has 0 bridgehead atoms. The Morgan fingerprint density at radius 3 is 1.14 bits per heavy atom. The highest BCUT2D eigenvalue weighted by atomic mass is 16.5. The van der Waals surface area contributed by atoms with Crippen LogP contribution < -0.4 is 5.32 Å². The van der Waals surface area contributed by atoms with Gasteiger partial charge in [0.15, 0.2) is 0 Å². The molecule has 0 aliphatic rings. The van der Waals surface area contributed by atoms with Crippen LogP contribution >= 0.6 is 0 Å². The van der Waals surface area contributed by atoms with Gasteiger partial charge in [0.05, 0.1) is 25.4 Å². The lowest BCUT2D eigenvalue weighted by atomic mass is 10.0. The van der Waals surface area contributed by atoms with E-state index in [1.54, 1.807) is 0 Å². The molecule has 6 nitrogen and oxygen atoms in total. The van der Waals surface area contributed by atoms with Gasteiger partial charge >= 0.3 is 5.97 Å². The van der Waals surface area contributed by atoms with Crippen molar-refractivity contribution in [2.24, 2.45) is 0 Å². The van der Waals surface area contributed by atoms with E-state index in [0.717, 1.165) is 77.0 Å². The van der Waals surface area contributed by atoms with E-state index in [0.29, 0.717) is 25.9 Å². The summed E-state index contributed by atoms with van der Waals surface area (Å²) in [6.45, 7) is 4.92. The van der Waals surface area contributed by atoms with Crippen molar-refractivity contribution in [2.45, 2.75) is 328 Å². The van der Waals surface area contributed by atoms with Gasteiger partial charge in [-0.2, -0.15) is 0 Å². The number of amides is 1. The van der Waals surface area contributed by atoms with E-state index in [-0.39, 0.29) is 18.5 Å². The molecule has 0 heterocycles. The minimum atomic E-state index is -0.678. The number of carbonyl (C=O) groups excluding carboxylic acids is 2. The first-order valence-corrected chi connectivity index (χ1v) is 29.1. The summed E-state index contributed by atoms with van der Waals surface area (Å²) in [6, 6.07) is -0.558. The van der Waals surface area contributed by atoms with Crippen LogP contribution in [-0.2, 0) is 14.3 Å². The van der Waals surface area contributed by atoms with Crippen LogP contribution in [0.3, 0.4) is 0 Å². The number of allylic oxidation sites excluding steroid dienone is 4. The van der Waals surface area contributed by atoms with Crippen molar-refractivity contribution in [2.75, 3.05) is 13.2 Å². The number of nitrogens with one attached hydrogen (secondary N) is 1. The predicted octanol–water partition coefficient (Wildman–Crippen LogP) is 17.9. The molecule has 384 valence electrons. The molecule has 0 radical (unpaired) electrons. The number of unbranched alkanes of at least 4 members (excludes halogenated alkanes) is 40. The Balaban J connectivity index is 3.50. The molecule has 65 heavy (non-hydrogen) atoms. The predicted molar refractivity (Wildman–Crippen MR) is 283 cm³/mol. The first kappa shape index (κ1) is 63.3. The number of aliphatic hydroxyl groups excluding tert-OH is 2. The minimum absolute atomic E-state index is 0.0178. The molecule has 0 saturated heterocycles. The monoisotopic (exact) mass is 916 g/mol. The summed E-state index contributed by atoms with van der Waals surface area (Å²) < 4.78 is 5.46. The zero-order valence-electron chi connectivity index (χ0n) is 43.7. The number of rotatable bonds is 54. The number of hydrogen-bond acceptors (Lipinski definition) is 5. The van der Waals surface area contributed by atoms with Crippen LogP contribution in [0.25, 0.3) is 0 Å². The SMILES string of the molecule is CCCCCCCCCCCCCCCCCCCC(O)C(CO)NC(=O)CCCCCCCC/C=C\C=C/CCCCCOC(=O)CCCCCCCCCCCCCCCCCC. The zero-order valence-corrected chi connectivity index (χ0v) is 43.7. The summed E-state index contributed by atoms with van der Waals surface area (Å²) >= 11 is 0. The maximum atomic E-state index is 12.5. The molecule has 2 atom stereocenters. The molecule has 0 aromatic rings. The molecule has 0 fully saturated rings. The third-order valence-corrected chi connectivity index (χ3v) is 13.5. The highest BCUT2D eigenvalue weighted by molar-refractivity contribution is 5.76. The third-order valence-electron chi connectivity index (χ3n) is 13.5. The van der Waals surface area contributed by atoms with Gasteiger partial charge in [0.1, 0.15) is 0 Å². The lowest BCUT2D eigenvalue weighted by Crippen LogP contribution is -2.45. The molecule has 3 N–H and O–H groups in total. The van der Waals surface area contributed by atoms with E-state index in [4.69, 9.17) is 4.74 Å². The van der Waals surface area contributed by atoms with Crippen molar-refractivity contribution < 1.29 is 24.5 Å². The summed E-state index contributed by atoms with van der Waals surface area (Å²) in [6.07, 6.45) is 66.0. The van der Waals surface area contributed by atoms with Crippen molar-refractivity contribution in [1.82, 2.24) is 5.32 Å². The maximum absolute atomic E-state index is 12.5. The summed E-state index contributed by atoms with van der Waals surface area (Å²) in [7, 11) is 0. The van der Waals surface area contributed by atoms with E-state index < -0.39 is 12.1 Å². The van der Waals surface area contributed by atoms with Crippen molar-refractivity contribution in [3.05, 3.63) is 24.3 Å². The van der Waals surface area contributed by atoms with Crippen LogP contribution in [0.2, 0.25) is 0 Å². The van der Waals surface area contributed by atoms with Gasteiger partial charge in [-0.3, -0.25) is 9.59 Å². The molecule has 2 unspecified atom stereocenters. The van der Waals surface area contributed by atoms with E-state index >= 15 is 0 Å². The largest absolute Gasteiger partial charge is 0.466 e. The average Bonchev–Trinajstić information content (AvgIpc) is 3.31. The molecular weight excluding hydrogens is 803 g/mol. The topological polar surface area (TPSA) is 95.9 Å². The fourth-order valence-electron chi connectivity index (χ4n) is 9.04. The Labute approximate surface area is 405 Å². The third kappa shape index (κ3) is 51.6. The van der Waals surface area contributed by atoms with Crippen LogP contribution in [0.4, 0.5) is 0 Å². The fraction of sp³-hybridized carbons (Fsp3) is 0.898. The van der Waals surface area contributed by atoms with E-state index in [9.17, 15) is 19.8 Å². The standard InChI is InChI=1S/C59H113NO5/c1-3-5-7-9-11-13-15-17-19-21-23-27-31-35-39-43-47-51-57(62)56(55-61)60-58(63)52-48-44-40-36-32-28-24-22-26-30-34-38-42-46-50-54-65-59(64)53-49-45-41-37-33-29-25-20-18-16-14-12-10-8-6-4-2/h22,26,30,34,56-57,61-62H,3-21,23-25,27-29,31-33,35-55H2,1-2H3,(H,60,63)/b26-22-,34-30-. The smallest absolute Gasteiger partial charge is 0.305 e. The molecule has 0 aromatic carbocycles. The average molecular weight is 917 g/mol. The van der Waals surface area contributed by atoms with E-state index in [1.807, 2.05) is 0 Å². The number of carbonyl (C=O) groups is 2. The Bertz CT molecular complexity index is 1010. The lowest BCUT2D eigenvalue weighted by Gasteiger charge is -2.22. The normalized spacial score (nSPS) is 12.7. The van der Waals surface area contributed by atoms with Gasteiger partial charge in [-0.25, -0.2) is 0 Å². The molecule has 0 aromatic heterocycles. The Morgan fingerprint density at radius 1 is 0.431 bits per heavy atom. The second-order valence-electron chi connectivity index (χ2n) is 20.0. The van der Waals surface area contributed by atoms with E-state index in [1.165, 1.54) is 205 Å². The number of ether oxygens (including phenoxy) is 1. The Morgan fingerprint density at radius 2 is 0.754 bits per heavy atom. The van der Waals surface area contributed by atoms with Gasteiger partial charge in [0, 0.05) is 12.8 Å². The number of hydrogen-bond donors (Lipinski definition) is 3. The van der Waals surface area contributed by atoms with E-state index in [2.05, 4.69) is 43.5 Å². The first-order valence-electron chi connectivity index (χ1n) is 29.1. The van der Waals surface area contributed by atoms with Crippen molar-refractivity contribution in [1.29, 1.82) is 0 Å². The highest BCUT2D eigenvalue weighted by Gasteiger charge is 2.20. The van der Waals surface area contributed by atoms with Gasteiger partial charge in [0.25, 0.3) is 0 Å². The van der Waals surface area contributed by atoms with Crippen LogP contribution in [-0.4, -0.2) is 47.4 Å². The molecule has 0 spiro atoms. The van der Waals surface area contributed by atoms with Gasteiger partial charge in [-0.05, 0) is 57.8 Å². The van der Waals surface area contributed by atoms with Gasteiger partial charge < -0.3 is 20.3 Å². The Kier molecular flexibility index (Phi) is 53.5. The molecule has 0 aliphatic heterocycles. The van der Waals surface area contributed by atoms with Gasteiger partial charge in [-0.15, -0.1) is 0 Å². The summed E-state index contributed by atoms with van der Waals surface area (Å²) in [5, 5.41) is 23.3. The van der Waals surface area contributed by atoms with Crippen LogP contribution in [0, 0.1) is 0 Å². The van der Waals surface area contributed by atoms with Gasteiger partial charge in [0.2, 0.25) is 5.91 Å². The summed E-state index contributed by atoms with van der Waals surface area (Å²) in [5.41, 5.74) is 0. The Hall–Kier alpha value is -1.66. The number of esters is 1. The number of aliphatic hydroxyl groups is 2. The summed E-state index contributed by atoms with van der Waals surface area (Å²) in [4.78, 5) is 24.5. The summed E-state index contributed by atoms with van der Waals surface area (Å²) in [5.74, 6) is -0.0731. The zero-order chi connectivity index (χ0) is 47.2. The molecule has 0 aliphatic carbocycles. The van der Waals surface area contributed by atoms with Crippen molar-refractivity contribution in [3.8, 4) is 0 Å². The minimum Gasteiger partial charge on any atom is -0.466 e. The molecule has 6 heteroatoms. The van der Waals surface area contributed by atoms with Crippen molar-refractivity contribution >= 4 is 11.9 Å².